The van der Waals surface area contributed by atoms with E-state index in [9.17, 15) is 0 Å². The van der Waals surface area contributed by atoms with Gasteiger partial charge in [-0.05, 0) is 79.5 Å². The van der Waals surface area contributed by atoms with Crippen LogP contribution in [0.3, 0.4) is 0 Å². The summed E-state index contributed by atoms with van der Waals surface area (Å²) in [6.07, 6.45) is 0. The predicted molar refractivity (Wildman–Crippen MR) is 211 cm³/mol. The van der Waals surface area contributed by atoms with Crippen LogP contribution >= 0.6 is 0 Å². The van der Waals surface area contributed by atoms with Crippen LogP contribution in [0, 0.1) is 23.3 Å². The molecule has 1 heterocycles. The van der Waals surface area contributed by atoms with E-state index < -0.39 is 28.7 Å². The standard InChI is InChI=1S/C49H31F4N/c1-49(2)37-22-8-6-17-33(37)34-21-12-24-40(44(34)49)54-38-23-9-7-18-35(38)42-43(46(51)48(53)47(52)45(42)50)36-27-30(25-26-39(36)54)32-20-11-16-29-15-10-19-31(41(29)32)28-13-4-3-5-14-28/h3-27H,1-2H3. The minimum absolute atomic E-state index is 0.245. The van der Waals surface area contributed by atoms with E-state index in [1.165, 1.54) is 5.56 Å². The fourth-order valence-electron chi connectivity index (χ4n) is 8.95. The molecule has 0 fully saturated rings. The van der Waals surface area contributed by atoms with Gasteiger partial charge in [-0.2, -0.15) is 0 Å². The zero-order valence-electron chi connectivity index (χ0n) is 29.4. The van der Waals surface area contributed by atoms with Gasteiger partial charge in [-0.25, -0.2) is 17.6 Å². The van der Waals surface area contributed by atoms with Crippen LogP contribution in [0.15, 0.2) is 152 Å². The summed E-state index contributed by atoms with van der Waals surface area (Å²) in [5, 5.41) is 1.99. The van der Waals surface area contributed by atoms with Crippen molar-refractivity contribution in [3.05, 3.63) is 186 Å². The van der Waals surface area contributed by atoms with E-state index in [1.807, 2.05) is 102 Å². The molecular formula is C49H31F4N. The summed E-state index contributed by atoms with van der Waals surface area (Å²) in [4.78, 5) is 2.01. The van der Waals surface area contributed by atoms with E-state index in [-0.39, 0.29) is 22.3 Å². The van der Waals surface area contributed by atoms with Crippen molar-refractivity contribution in [3.63, 3.8) is 0 Å². The number of halogens is 4. The number of hydrogen-bond donors (Lipinski definition) is 0. The molecule has 0 saturated carbocycles. The van der Waals surface area contributed by atoms with Crippen LogP contribution in [0.25, 0.3) is 66.4 Å². The molecule has 1 aliphatic heterocycles. The van der Waals surface area contributed by atoms with E-state index in [0.717, 1.165) is 55.4 Å². The lowest BCUT2D eigenvalue weighted by molar-refractivity contribution is 0.412. The molecule has 5 heteroatoms. The van der Waals surface area contributed by atoms with Crippen LogP contribution in [0.5, 0.6) is 0 Å². The summed E-state index contributed by atoms with van der Waals surface area (Å²) in [5.41, 5.74) is 9.27. The molecule has 0 radical (unpaired) electrons. The molecule has 1 nitrogen and oxygen atoms in total. The van der Waals surface area contributed by atoms with Crippen LogP contribution in [0.2, 0.25) is 0 Å². The highest BCUT2D eigenvalue weighted by molar-refractivity contribution is 6.09. The first kappa shape index (κ1) is 32.2. The van der Waals surface area contributed by atoms with Crippen molar-refractivity contribution >= 4 is 27.8 Å². The fraction of sp³-hybridized carbons (Fsp3) is 0.0612. The largest absolute Gasteiger partial charge is 0.309 e. The van der Waals surface area contributed by atoms with Crippen LogP contribution in [-0.4, -0.2) is 0 Å². The highest BCUT2D eigenvalue weighted by Crippen LogP contribution is 2.58. The van der Waals surface area contributed by atoms with Gasteiger partial charge >= 0.3 is 0 Å². The minimum Gasteiger partial charge on any atom is -0.309 e. The van der Waals surface area contributed by atoms with Crippen molar-refractivity contribution in [1.29, 1.82) is 0 Å². The van der Waals surface area contributed by atoms with Gasteiger partial charge < -0.3 is 4.90 Å². The first-order valence-corrected chi connectivity index (χ1v) is 18.0. The van der Waals surface area contributed by atoms with Gasteiger partial charge in [-0.1, -0.05) is 141 Å². The number of nitrogens with zero attached hydrogens (tertiary/aromatic N) is 1. The molecular weight excluding hydrogens is 679 g/mol. The zero-order chi connectivity index (χ0) is 36.9. The van der Waals surface area contributed by atoms with Crippen molar-refractivity contribution < 1.29 is 17.6 Å². The monoisotopic (exact) mass is 709 g/mol. The lowest BCUT2D eigenvalue weighted by atomic mass is 9.81. The van der Waals surface area contributed by atoms with Gasteiger partial charge in [0, 0.05) is 27.7 Å². The number of para-hydroxylation sites is 1. The van der Waals surface area contributed by atoms with Crippen molar-refractivity contribution in [2.45, 2.75) is 19.3 Å². The van der Waals surface area contributed by atoms with Crippen LogP contribution < -0.4 is 4.90 Å². The zero-order valence-corrected chi connectivity index (χ0v) is 29.4. The maximum absolute atomic E-state index is 16.6. The van der Waals surface area contributed by atoms with Gasteiger partial charge in [0.2, 0.25) is 0 Å². The molecule has 0 amide bonds. The Hall–Kier alpha value is -6.46. The first-order valence-electron chi connectivity index (χ1n) is 18.0. The third-order valence-electron chi connectivity index (χ3n) is 11.3. The molecule has 260 valence electrons. The number of fused-ring (bicyclic) bond motifs is 9. The summed E-state index contributed by atoms with van der Waals surface area (Å²) in [5.74, 6) is -6.56. The fourth-order valence-corrected chi connectivity index (χ4v) is 8.95. The number of hydrogen-bond acceptors (Lipinski definition) is 1. The maximum Gasteiger partial charge on any atom is 0.198 e. The van der Waals surface area contributed by atoms with Crippen LogP contribution in [-0.2, 0) is 5.41 Å². The van der Waals surface area contributed by atoms with Crippen molar-refractivity contribution in [3.8, 4) is 55.6 Å². The molecule has 8 aromatic rings. The van der Waals surface area contributed by atoms with E-state index >= 15 is 17.6 Å². The second-order valence-electron chi connectivity index (χ2n) is 14.5. The SMILES string of the molecule is CC1(C)c2ccccc2-c2cccc(N3c4ccccc4-c4c(F)c(F)c(F)c(F)c4-c4cc(-c5cccc6cccc(-c7ccccc7)c56)ccc43)c21. The van der Waals surface area contributed by atoms with E-state index in [0.29, 0.717) is 11.4 Å². The van der Waals surface area contributed by atoms with E-state index in [1.54, 1.807) is 18.2 Å². The Morgan fingerprint density at radius 3 is 1.69 bits per heavy atom. The predicted octanol–water partition coefficient (Wildman–Crippen LogP) is 14.2. The van der Waals surface area contributed by atoms with Gasteiger partial charge in [0.25, 0.3) is 0 Å². The summed E-state index contributed by atoms with van der Waals surface area (Å²) in [6, 6.07) is 49.3. The second-order valence-corrected chi connectivity index (χ2v) is 14.5. The second kappa shape index (κ2) is 11.8. The Morgan fingerprint density at radius 2 is 0.944 bits per heavy atom. The third kappa shape index (κ3) is 4.45. The van der Waals surface area contributed by atoms with Gasteiger partial charge in [0.1, 0.15) is 0 Å². The Balaban J connectivity index is 1.32. The Labute approximate surface area is 310 Å². The lowest BCUT2D eigenvalue weighted by Gasteiger charge is -2.33. The smallest absolute Gasteiger partial charge is 0.198 e. The highest BCUT2D eigenvalue weighted by atomic mass is 19.2. The number of rotatable bonds is 3. The van der Waals surface area contributed by atoms with Gasteiger partial charge in [0.05, 0.1) is 17.1 Å². The number of benzene rings is 8. The van der Waals surface area contributed by atoms with Gasteiger partial charge in [-0.15, -0.1) is 0 Å². The molecule has 0 unspecified atom stereocenters. The lowest BCUT2D eigenvalue weighted by Crippen LogP contribution is -2.21. The molecule has 1 aliphatic carbocycles. The van der Waals surface area contributed by atoms with Gasteiger partial charge in [0.15, 0.2) is 23.3 Å². The Bertz CT molecular complexity index is 2850. The Kier molecular flexibility index (Phi) is 7.02. The molecule has 0 aromatic heterocycles. The van der Waals surface area contributed by atoms with Crippen molar-refractivity contribution in [2.24, 2.45) is 0 Å². The number of anilines is 3. The molecule has 10 rings (SSSR count). The van der Waals surface area contributed by atoms with Crippen LogP contribution in [0.4, 0.5) is 34.6 Å². The Morgan fingerprint density at radius 1 is 0.407 bits per heavy atom. The molecule has 8 aromatic carbocycles. The van der Waals surface area contributed by atoms with Crippen molar-refractivity contribution in [1.82, 2.24) is 0 Å². The molecule has 0 N–H and O–H groups in total. The molecule has 0 bridgehead atoms. The van der Waals surface area contributed by atoms with Gasteiger partial charge in [-0.3, -0.25) is 0 Å². The molecule has 0 saturated heterocycles. The summed E-state index contributed by atoms with van der Waals surface area (Å²) < 4.78 is 63.9. The summed E-state index contributed by atoms with van der Waals surface area (Å²) in [6.45, 7) is 4.36. The molecule has 0 atom stereocenters. The average molecular weight is 710 g/mol. The minimum atomic E-state index is -1.85. The van der Waals surface area contributed by atoms with Crippen molar-refractivity contribution in [2.75, 3.05) is 4.90 Å². The topological polar surface area (TPSA) is 3.24 Å². The first-order chi connectivity index (χ1) is 26.3. The molecule has 0 spiro atoms. The van der Waals surface area contributed by atoms with Crippen LogP contribution in [0.1, 0.15) is 25.0 Å². The quantitative estimate of drug-likeness (QED) is 0.100. The maximum atomic E-state index is 16.6. The summed E-state index contributed by atoms with van der Waals surface area (Å²) in [7, 11) is 0. The van der Waals surface area contributed by atoms with E-state index in [2.05, 4.69) is 50.2 Å². The molecule has 54 heavy (non-hydrogen) atoms. The normalized spacial score (nSPS) is 13.5. The highest BCUT2D eigenvalue weighted by Gasteiger charge is 2.41. The third-order valence-corrected chi connectivity index (χ3v) is 11.3. The molecule has 2 aliphatic rings. The average Bonchev–Trinajstić information content (AvgIpc) is 3.36. The summed E-state index contributed by atoms with van der Waals surface area (Å²) >= 11 is 0. The van der Waals surface area contributed by atoms with E-state index in [4.69, 9.17) is 0 Å².